The van der Waals surface area contributed by atoms with E-state index in [9.17, 15) is 8.78 Å². The number of hydrogen-bond donors (Lipinski definition) is 1. The molecule has 0 aliphatic heterocycles. The van der Waals surface area contributed by atoms with Gasteiger partial charge in [0.05, 0.1) is 6.61 Å². The number of aliphatic hydroxyl groups is 1. The molecule has 0 fully saturated rings. The Kier molecular flexibility index (Phi) is 3.39. The molecule has 1 aromatic heterocycles. The SMILES string of the molecule is OCc1ccc(Cl)nc1OC(F)F. The van der Waals surface area contributed by atoms with Gasteiger partial charge in [-0.05, 0) is 12.1 Å². The van der Waals surface area contributed by atoms with Gasteiger partial charge in [-0.3, -0.25) is 0 Å². The molecule has 0 saturated carbocycles. The van der Waals surface area contributed by atoms with Gasteiger partial charge >= 0.3 is 6.61 Å². The number of aromatic nitrogens is 1. The number of halogens is 3. The second-order valence-electron chi connectivity index (χ2n) is 2.13. The van der Waals surface area contributed by atoms with E-state index in [1.165, 1.54) is 12.1 Å². The smallest absolute Gasteiger partial charge is 0.388 e. The molecular formula is C7H6ClF2NO2. The van der Waals surface area contributed by atoms with Gasteiger partial charge < -0.3 is 9.84 Å². The number of alkyl halides is 2. The summed E-state index contributed by atoms with van der Waals surface area (Å²) in [5, 5.41) is 8.75. The molecule has 0 atom stereocenters. The number of aliphatic hydroxyl groups excluding tert-OH is 1. The maximum absolute atomic E-state index is 11.8. The molecule has 3 nitrogen and oxygen atoms in total. The summed E-state index contributed by atoms with van der Waals surface area (Å²) >= 11 is 5.44. The van der Waals surface area contributed by atoms with Crippen LogP contribution in [0, 0.1) is 0 Å². The van der Waals surface area contributed by atoms with Crippen molar-refractivity contribution in [1.82, 2.24) is 4.98 Å². The summed E-state index contributed by atoms with van der Waals surface area (Å²) in [7, 11) is 0. The van der Waals surface area contributed by atoms with Crippen LogP contribution >= 0.6 is 11.6 Å². The second kappa shape index (κ2) is 4.34. The van der Waals surface area contributed by atoms with E-state index in [2.05, 4.69) is 9.72 Å². The highest BCUT2D eigenvalue weighted by Gasteiger charge is 2.10. The molecule has 1 rings (SSSR count). The zero-order valence-electron chi connectivity index (χ0n) is 6.38. The topological polar surface area (TPSA) is 42.4 Å². The molecule has 0 aliphatic carbocycles. The van der Waals surface area contributed by atoms with Crippen LogP contribution in [0.2, 0.25) is 5.15 Å². The molecular weight excluding hydrogens is 204 g/mol. The van der Waals surface area contributed by atoms with Crippen molar-refractivity contribution in [2.75, 3.05) is 0 Å². The fourth-order valence-corrected chi connectivity index (χ4v) is 0.893. The predicted octanol–water partition coefficient (Wildman–Crippen LogP) is 1.83. The Morgan fingerprint density at radius 2 is 2.23 bits per heavy atom. The van der Waals surface area contributed by atoms with Crippen LogP contribution in [0.15, 0.2) is 12.1 Å². The monoisotopic (exact) mass is 209 g/mol. The van der Waals surface area contributed by atoms with Gasteiger partial charge in [-0.15, -0.1) is 0 Å². The Labute approximate surface area is 77.9 Å². The largest absolute Gasteiger partial charge is 0.416 e. The van der Waals surface area contributed by atoms with Crippen molar-refractivity contribution >= 4 is 11.6 Å². The van der Waals surface area contributed by atoms with Crippen LogP contribution in [0.1, 0.15) is 5.56 Å². The lowest BCUT2D eigenvalue weighted by Crippen LogP contribution is -2.06. The fraction of sp³-hybridized carbons (Fsp3) is 0.286. The van der Waals surface area contributed by atoms with Gasteiger partial charge in [0.15, 0.2) is 0 Å². The third kappa shape index (κ3) is 2.78. The highest BCUT2D eigenvalue weighted by Crippen LogP contribution is 2.20. The number of pyridine rings is 1. The average molecular weight is 210 g/mol. The van der Waals surface area contributed by atoms with Crippen LogP contribution in [-0.2, 0) is 6.61 Å². The lowest BCUT2D eigenvalue weighted by atomic mass is 10.3. The standard InChI is InChI=1S/C7H6ClF2NO2/c8-5-2-1-4(3-12)6(11-5)13-7(9)10/h1-2,7,12H,3H2. The summed E-state index contributed by atoms with van der Waals surface area (Å²) in [6, 6.07) is 2.75. The molecule has 0 bridgehead atoms. The highest BCUT2D eigenvalue weighted by molar-refractivity contribution is 6.29. The molecule has 0 aliphatic rings. The molecule has 0 amide bonds. The van der Waals surface area contributed by atoms with E-state index in [1.807, 2.05) is 0 Å². The normalized spacial score (nSPS) is 10.5. The van der Waals surface area contributed by atoms with E-state index in [1.54, 1.807) is 0 Å². The summed E-state index contributed by atoms with van der Waals surface area (Å²) < 4.78 is 27.6. The molecule has 0 aromatic carbocycles. The van der Waals surface area contributed by atoms with Crippen molar-refractivity contribution in [3.05, 3.63) is 22.8 Å². The van der Waals surface area contributed by atoms with E-state index in [0.29, 0.717) is 0 Å². The molecule has 1 heterocycles. The maximum Gasteiger partial charge on any atom is 0.388 e. The molecule has 6 heteroatoms. The van der Waals surface area contributed by atoms with E-state index >= 15 is 0 Å². The molecule has 0 saturated heterocycles. The van der Waals surface area contributed by atoms with E-state index in [0.717, 1.165) is 0 Å². The fourth-order valence-electron chi connectivity index (χ4n) is 0.753. The molecule has 1 aromatic rings. The van der Waals surface area contributed by atoms with Crippen LogP contribution in [0.3, 0.4) is 0 Å². The quantitative estimate of drug-likeness (QED) is 0.773. The Morgan fingerprint density at radius 3 is 2.77 bits per heavy atom. The first-order valence-corrected chi connectivity index (χ1v) is 3.72. The van der Waals surface area contributed by atoms with Crippen LogP contribution < -0.4 is 4.74 Å². The zero-order valence-corrected chi connectivity index (χ0v) is 7.13. The molecule has 0 spiro atoms. The summed E-state index contributed by atoms with van der Waals surface area (Å²) in [4.78, 5) is 3.49. The van der Waals surface area contributed by atoms with Crippen LogP contribution in [0.25, 0.3) is 0 Å². The van der Waals surface area contributed by atoms with Crippen molar-refractivity contribution in [3.8, 4) is 5.88 Å². The van der Waals surface area contributed by atoms with Crippen LogP contribution in [0.5, 0.6) is 5.88 Å². The lowest BCUT2D eigenvalue weighted by Gasteiger charge is -2.07. The van der Waals surface area contributed by atoms with E-state index in [4.69, 9.17) is 16.7 Å². The summed E-state index contributed by atoms with van der Waals surface area (Å²) in [6.07, 6.45) is 0. The van der Waals surface area contributed by atoms with Crippen molar-refractivity contribution in [2.24, 2.45) is 0 Å². The van der Waals surface area contributed by atoms with Gasteiger partial charge in [-0.2, -0.15) is 8.78 Å². The molecule has 0 unspecified atom stereocenters. The minimum absolute atomic E-state index is 0.0350. The van der Waals surface area contributed by atoms with E-state index < -0.39 is 13.2 Å². The van der Waals surface area contributed by atoms with E-state index in [-0.39, 0.29) is 16.6 Å². The van der Waals surface area contributed by atoms with Crippen LogP contribution in [0.4, 0.5) is 8.78 Å². The first-order valence-electron chi connectivity index (χ1n) is 3.34. The van der Waals surface area contributed by atoms with Gasteiger partial charge in [0, 0.05) is 5.56 Å². The predicted molar refractivity (Wildman–Crippen MR) is 41.8 cm³/mol. The van der Waals surface area contributed by atoms with Crippen molar-refractivity contribution in [2.45, 2.75) is 13.2 Å². The Bertz CT molecular complexity index is 296. The average Bonchev–Trinajstić information content (AvgIpc) is 2.03. The number of ether oxygens (including phenoxy) is 1. The third-order valence-corrected chi connectivity index (χ3v) is 1.49. The number of hydrogen-bond acceptors (Lipinski definition) is 3. The summed E-state index contributed by atoms with van der Waals surface area (Å²) in [5.41, 5.74) is 0.171. The minimum Gasteiger partial charge on any atom is -0.416 e. The number of nitrogens with zero attached hydrogens (tertiary/aromatic N) is 1. The third-order valence-electron chi connectivity index (χ3n) is 1.28. The summed E-state index contributed by atoms with van der Waals surface area (Å²) in [6.45, 7) is -3.40. The van der Waals surface area contributed by atoms with Gasteiger partial charge in [0.25, 0.3) is 0 Å². The minimum atomic E-state index is -2.98. The first kappa shape index (κ1) is 10.1. The second-order valence-corrected chi connectivity index (χ2v) is 2.52. The van der Waals surface area contributed by atoms with Gasteiger partial charge in [-0.1, -0.05) is 11.6 Å². The lowest BCUT2D eigenvalue weighted by molar-refractivity contribution is -0.0540. The summed E-state index contributed by atoms with van der Waals surface area (Å²) in [5.74, 6) is -0.343. The Morgan fingerprint density at radius 1 is 1.54 bits per heavy atom. The molecule has 1 N–H and O–H groups in total. The van der Waals surface area contributed by atoms with Gasteiger partial charge in [0.2, 0.25) is 5.88 Å². The Balaban J connectivity index is 2.94. The van der Waals surface area contributed by atoms with Gasteiger partial charge in [-0.25, -0.2) is 4.98 Å². The highest BCUT2D eigenvalue weighted by atomic mass is 35.5. The number of rotatable bonds is 3. The molecule has 13 heavy (non-hydrogen) atoms. The van der Waals surface area contributed by atoms with Crippen molar-refractivity contribution in [3.63, 3.8) is 0 Å². The first-order chi connectivity index (χ1) is 6.13. The van der Waals surface area contributed by atoms with Crippen molar-refractivity contribution < 1.29 is 18.6 Å². The van der Waals surface area contributed by atoms with Gasteiger partial charge in [0.1, 0.15) is 5.15 Å². The zero-order chi connectivity index (χ0) is 9.84. The Hall–Kier alpha value is -0.940. The molecule has 0 radical (unpaired) electrons. The maximum atomic E-state index is 11.8. The van der Waals surface area contributed by atoms with Crippen LogP contribution in [-0.4, -0.2) is 16.7 Å². The molecule has 72 valence electrons. The van der Waals surface area contributed by atoms with Crippen molar-refractivity contribution in [1.29, 1.82) is 0 Å².